The van der Waals surface area contributed by atoms with Crippen molar-refractivity contribution in [1.29, 1.82) is 0 Å². The summed E-state index contributed by atoms with van der Waals surface area (Å²) >= 11 is 0. The Labute approximate surface area is 126 Å². The second-order valence-corrected chi connectivity index (χ2v) is 6.06. The molecule has 0 aromatic heterocycles. The summed E-state index contributed by atoms with van der Waals surface area (Å²) in [6.07, 6.45) is 3.48. The Kier molecular flexibility index (Phi) is 4.42. The van der Waals surface area contributed by atoms with Gasteiger partial charge in [0.15, 0.2) is 0 Å². The summed E-state index contributed by atoms with van der Waals surface area (Å²) in [5.74, 6) is 0.486. The Bertz CT molecular complexity index is 524. The lowest BCUT2D eigenvalue weighted by atomic mass is 9.75. The van der Waals surface area contributed by atoms with Crippen LogP contribution < -0.4 is 10.5 Å². The quantitative estimate of drug-likeness (QED) is 0.841. The van der Waals surface area contributed by atoms with Crippen molar-refractivity contribution < 1.29 is 9.53 Å². The van der Waals surface area contributed by atoms with Crippen LogP contribution in [0.3, 0.4) is 0 Å². The summed E-state index contributed by atoms with van der Waals surface area (Å²) in [7, 11) is 7.55. The summed E-state index contributed by atoms with van der Waals surface area (Å²) in [6.45, 7) is 0.718. The maximum absolute atomic E-state index is 12.6. The predicted molar refractivity (Wildman–Crippen MR) is 84.6 cm³/mol. The van der Waals surface area contributed by atoms with Crippen molar-refractivity contribution in [3.63, 3.8) is 0 Å². The van der Waals surface area contributed by atoms with E-state index in [1.165, 1.54) is 6.42 Å². The minimum Gasteiger partial charge on any atom is -0.495 e. The van der Waals surface area contributed by atoms with E-state index in [1.54, 1.807) is 30.2 Å². The first-order chi connectivity index (χ1) is 9.91. The maximum Gasteiger partial charge on any atom is 0.255 e. The first-order valence-electron chi connectivity index (χ1n) is 7.26. The number of likely N-dealkylation sites (N-methyl/N-ethyl adjacent to an activating group) is 2. The molecular formula is C16H25N3O2. The van der Waals surface area contributed by atoms with Gasteiger partial charge in [0.2, 0.25) is 0 Å². The van der Waals surface area contributed by atoms with Crippen molar-refractivity contribution in [3.8, 4) is 5.75 Å². The van der Waals surface area contributed by atoms with Gasteiger partial charge in [-0.1, -0.05) is 6.07 Å². The van der Waals surface area contributed by atoms with E-state index in [4.69, 9.17) is 10.5 Å². The average molecular weight is 291 g/mol. The van der Waals surface area contributed by atoms with Gasteiger partial charge in [-0.05, 0) is 45.5 Å². The van der Waals surface area contributed by atoms with Crippen molar-refractivity contribution in [3.05, 3.63) is 23.8 Å². The molecule has 0 spiro atoms. The van der Waals surface area contributed by atoms with Crippen molar-refractivity contribution in [2.45, 2.75) is 24.8 Å². The van der Waals surface area contributed by atoms with Gasteiger partial charge < -0.3 is 20.3 Å². The number of carbonyl (C=O) groups is 1. The van der Waals surface area contributed by atoms with Gasteiger partial charge in [0.25, 0.3) is 5.91 Å². The Morgan fingerprint density at radius 3 is 2.48 bits per heavy atom. The third kappa shape index (κ3) is 2.83. The van der Waals surface area contributed by atoms with Crippen molar-refractivity contribution in [2.24, 2.45) is 0 Å². The highest BCUT2D eigenvalue weighted by molar-refractivity contribution is 6.00. The SMILES string of the molecule is COc1cccc(C(=O)N(C)CC2(N(C)C)CCC2)c1N. The molecule has 0 saturated heterocycles. The molecular weight excluding hydrogens is 266 g/mol. The number of methoxy groups -OCH3 is 1. The fraction of sp³-hybridized carbons (Fsp3) is 0.562. The van der Waals surface area contributed by atoms with E-state index in [-0.39, 0.29) is 11.4 Å². The zero-order valence-corrected chi connectivity index (χ0v) is 13.3. The fourth-order valence-electron chi connectivity index (χ4n) is 2.96. The highest BCUT2D eigenvalue weighted by Crippen LogP contribution is 2.37. The van der Waals surface area contributed by atoms with Gasteiger partial charge in [0.1, 0.15) is 5.75 Å². The van der Waals surface area contributed by atoms with Crippen molar-refractivity contribution >= 4 is 11.6 Å². The molecule has 2 N–H and O–H groups in total. The summed E-state index contributed by atoms with van der Waals surface area (Å²) in [6, 6.07) is 5.31. The molecule has 5 nitrogen and oxygen atoms in total. The monoisotopic (exact) mass is 291 g/mol. The van der Waals surface area contributed by atoms with E-state index in [0.717, 1.165) is 19.4 Å². The van der Waals surface area contributed by atoms with Crippen LogP contribution >= 0.6 is 0 Å². The van der Waals surface area contributed by atoms with E-state index < -0.39 is 0 Å². The molecule has 1 aromatic rings. The third-order valence-electron chi connectivity index (χ3n) is 4.63. The number of nitrogen functional groups attached to an aromatic ring is 1. The van der Waals surface area contributed by atoms with Gasteiger partial charge in [-0.15, -0.1) is 0 Å². The van der Waals surface area contributed by atoms with Gasteiger partial charge >= 0.3 is 0 Å². The number of benzene rings is 1. The lowest BCUT2D eigenvalue weighted by Crippen LogP contribution is -2.57. The number of amides is 1. The molecule has 1 fully saturated rings. The number of anilines is 1. The molecule has 0 unspecified atom stereocenters. The molecule has 0 bridgehead atoms. The minimum absolute atomic E-state index is 0.0560. The number of para-hydroxylation sites is 1. The Morgan fingerprint density at radius 2 is 2.00 bits per heavy atom. The highest BCUT2D eigenvalue weighted by atomic mass is 16.5. The summed E-state index contributed by atoms with van der Waals surface area (Å²) < 4.78 is 5.18. The van der Waals surface area contributed by atoms with Crippen LogP contribution in [0.1, 0.15) is 29.6 Å². The lowest BCUT2D eigenvalue weighted by molar-refractivity contribution is 0.0253. The van der Waals surface area contributed by atoms with Crippen LogP contribution in [0.25, 0.3) is 0 Å². The zero-order valence-electron chi connectivity index (χ0n) is 13.3. The van der Waals surface area contributed by atoms with Gasteiger partial charge in [-0.3, -0.25) is 4.79 Å². The van der Waals surface area contributed by atoms with Crippen LogP contribution in [0.15, 0.2) is 18.2 Å². The molecule has 1 saturated carbocycles. The molecule has 1 aliphatic carbocycles. The molecule has 21 heavy (non-hydrogen) atoms. The van der Waals surface area contributed by atoms with Crippen molar-refractivity contribution in [2.75, 3.05) is 40.5 Å². The summed E-state index contributed by atoms with van der Waals surface area (Å²) in [4.78, 5) is 16.6. The standard InChI is InChI=1S/C16H25N3O2/c1-18(2)16(9-6-10-16)11-19(3)15(20)12-7-5-8-13(21-4)14(12)17/h5,7-8H,6,9-11,17H2,1-4H3. The number of ether oxygens (including phenoxy) is 1. The summed E-state index contributed by atoms with van der Waals surface area (Å²) in [5.41, 5.74) is 7.04. The molecule has 1 aliphatic rings. The van der Waals surface area contributed by atoms with Gasteiger partial charge in [-0.2, -0.15) is 0 Å². The summed E-state index contributed by atoms with van der Waals surface area (Å²) in [5, 5.41) is 0. The number of rotatable bonds is 5. The topological polar surface area (TPSA) is 58.8 Å². The molecule has 0 aliphatic heterocycles. The maximum atomic E-state index is 12.6. The molecule has 116 valence electrons. The molecule has 0 radical (unpaired) electrons. The van der Waals surface area contributed by atoms with Crippen LogP contribution in [0.2, 0.25) is 0 Å². The normalized spacial score (nSPS) is 16.4. The second kappa shape index (κ2) is 5.93. The van der Waals surface area contributed by atoms with Crippen LogP contribution in [0, 0.1) is 0 Å². The van der Waals surface area contributed by atoms with E-state index >= 15 is 0 Å². The van der Waals surface area contributed by atoms with E-state index in [2.05, 4.69) is 19.0 Å². The van der Waals surface area contributed by atoms with E-state index in [9.17, 15) is 4.79 Å². The van der Waals surface area contributed by atoms with Crippen LogP contribution in [0.5, 0.6) is 5.75 Å². The van der Waals surface area contributed by atoms with Crippen LogP contribution in [-0.2, 0) is 0 Å². The average Bonchev–Trinajstić information content (AvgIpc) is 2.41. The van der Waals surface area contributed by atoms with Gasteiger partial charge in [0.05, 0.1) is 18.4 Å². The van der Waals surface area contributed by atoms with Crippen LogP contribution in [0.4, 0.5) is 5.69 Å². The largest absolute Gasteiger partial charge is 0.495 e. The fourth-order valence-corrected chi connectivity index (χ4v) is 2.96. The molecule has 2 rings (SSSR count). The predicted octanol–water partition coefficient (Wildman–Crippen LogP) is 1.83. The Morgan fingerprint density at radius 1 is 1.33 bits per heavy atom. The smallest absolute Gasteiger partial charge is 0.255 e. The van der Waals surface area contributed by atoms with E-state index in [1.807, 2.05) is 7.05 Å². The molecule has 1 amide bonds. The molecule has 1 aromatic carbocycles. The number of nitrogens with zero attached hydrogens (tertiary/aromatic N) is 2. The van der Waals surface area contributed by atoms with E-state index in [0.29, 0.717) is 17.0 Å². The molecule has 0 atom stereocenters. The van der Waals surface area contributed by atoms with Crippen LogP contribution in [-0.4, -0.2) is 56.0 Å². The molecule has 5 heteroatoms. The number of carbonyl (C=O) groups excluding carboxylic acids is 1. The Hall–Kier alpha value is -1.75. The number of hydrogen-bond donors (Lipinski definition) is 1. The highest BCUT2D eigenvalue weighted by Gasteiger charge is 2.40. The number of hydrogen-bond acceptors (Lipinski definition) is 4. The first kappa shape index (κ1) is 15.6. The zero-order chi connectivity index (χ0) is 15.6. The molecule has 0 heterocycles. The first-order valence-corrected chi connectivity index (χ1v) is 7.26. The number of nitrogens with two attached hydrogens (primary N) is 1. The van der Waals surface area contributed by atoms with Crippen molar-refractivity contribution in [1.82, 2.24) is 9.80 Å². The van der Waals surface area contributed by atoms with Gasteiger partial charge in [0, 0.05) is 19.1 Å². The van der Waals surface area contributed by atoms with Gasteiger partial charge in [-0.25, -0.2) is 0 Å². The Balaban J connectivity index is 2.16. The third-order valence-corrected chi connectivity index (χ3v) is 4.63. The second-order valence-electron chi connectivity index (χ2n) is 6.06. The minimum atomic E-state index is -0.0560. The lowest BCUT2D eigenvalue weighted by Gasteiger charge is -2.49.